The second kappa shape index (κ2) is 5.32. The first-order chi connectivity index (χ1) is 9.35. The van der Waals surface area contributed by atoms with Crippen LogP contribution in [0.5, 0.6) is 0 Å². The summed E-state index contributed by atoms with van der Waals surface area (Å²) in [5.74, 6) is 0. The molecule has 104 valence electrons. The molecular formula is C11H8Cl2N4O2S. The second-order valence-electron chi connectivity index (χ2n) is 3.83. The number of aryl methyl sites for hydroxylation is 1. The van der Waals surface area contributed by atoms with Gasteiger partial charge in [-0.05, 0) is 18.2 Å². The average Bonchev–Trinajstić information content (AvgIpc) is 2.72. The number of nitrogens with one attached hydrogen (secondary N) is 1. The average molecular weight is 331 g/mol. The van der Waals surface area contributed by atoms with Crippen LogP contribution >= 0.6 is 23.2 Å². The van der Waals surface area contributed by atoms with Gasteiger partial charge in [0.15, 0.2) is 5.03 Å². The van der Waals surface area contributed by atoms with Gasteiger partial charge < -0.3 is 0 Å². The number of aromatic nitrogens is 2. The van der Waals surface area contributed by atoms with Gasteiger partial charge in [0.1, 0.15) is 0 Å². The molecule has 0 saturated heterocycles. The first-order valence-corrected chi connectivity index (χ1v) is 7.49. The molecule has 0 unspecified atom stereocenters. The Kier molecular flexibility index (Phi) is 3.90. The van der Waals surface area contributed by atoms with E-state index in [0.29, 0.717) is 5.56 Å². The van der Waals surface area contributed by atoms with Crippen LogP contribution in [0, 0.1) is 11.3 Å². The van der Waals surface area contributed by atoms with Crippen LogP contribution < -0.4 is 4.72 Å². The summed E-state index contributed by atoms with van der Waals surface area (Å²) in [6.07, 6.45) is 1.23. The molecule has 20 heavy (non-hydrogen) atoms. The quantitative estimate of drug-likeness (QED) is 0.935. The molecule has 1 N–H and O–H groups in total. The van der Waals surface area contributed by atoms with Gasteiger partial charge in [0.2, 0.25) is 0 Å². The zero-order valence-corrected chi connectivity index (χ0v) is 12.5. The van der Waals surface area contributed by atoms with Crippen LogP contribution in [0.2, 0.25) is 10.0 Å². The Bertz CT molecular complexity index is 789. The zero-order valence-electron chi connectivity index (χ0n) is 10.1. The molecule has 0 spiro atoms. The fourth-order valence-corrected chi connectivity index (χ4v) is 3.59. The van der Waals surface area contributed by atoms with Gasteiger partial charge in [0.25, 0.3) is 10.0 Å². The van der Waals surface area contributed by atoms with Crippen molar-refractivity contribution in [3.8, 4) is 6.07 Å². The molecule has 0 aliphatic rings. The van der Waals surface area contributed by atoms with E-state index in [-0.39, 0.29) is 20.8 Å². The predicted molar refractivity (Wildman–Crippen MR) is 75.2 cm³/mol. The van der Waals surface area contributed by atoms with Crippen LogP contribution in [0.3, 0.4) is 0 Å². The van der Waals surface area contributed by atoms with Crippen LogP contribution in [0.15, 0.2) is 29.4 Å². The van der Waals surface area contributed by atoms with E-state index < -0.39 is 10.0 Å². The molecule has 0 bridgehead atoms. The Labute approximate surface area is 125 Å². The molecule has 6 nitrogen and oxygen atoms in total. The third-order valence-corrected chi connectivity index (χ3v) is 4.62. The SMILES string of the molecule is Cn1ncc(Cl)c1S(=O)(=O)Nc1ccc(C#N)cc1Cl. The van der Waals surface area contributed by atoms with Crippen LogP contribution in [0.1, 0.15) is 5.56 Å². The lowest BCUT2D eigenvalue weighted by atomic mass is 10.2. The first-order valence-electron chi connectivity index (χ1n) is 5.25. The molecule has 0 radical (unpaired) electrons. The highest BCUT2D eigenvalue weighted by Gasteiger charge is 2.23. The van der Waals surface area contributed by atoms with E-state index in [1.54, 1.807) is 0 Å². The Balaban J connectivity index is 2.42. The van der Waals surface area contributed by atoms with Crippen molar-refractivity contribution in [3.63, 3.8) is 0 Å². The minimum atomic E-state index is -3.92. The van der Waals surface area contributed by atoms with E-state index in [4.69, 9.17) is 28.5 Å². The molecule has 2 rings (SSSR count). The third kappa shape index (κ3) is 2.72. The molecule has 0 fully saturated rings. The molecule has 0 saturated carbocycles. The number of sulfonamides is 1. The Morgan fingerprint density at radius 2 is 2.05 bits per heavy atom. The van der Waals surface area contributed by atoms with Crippen molar-refractivity contribution in [1.29, 1.82) is 5.26 Å². The largest absolute Gasteiger partial charge is 0.280 e. The topological polar surface area (TPSA) is 87.8 Å². The number of halogens is 2. The van der Waals surface area contributed by atoms with Gasteiger partial charge in [-0.15, -0.1) is 0 Å². The van der Waals surface area contributed by atoms with Gasteiger partial charge in [-0.3, -0.25) is 9.40 Å². The lowest BCUT2D eigenvalue weighted by Gasteiger charge is -2.10. The summed E-state index contributed by atoms with van der Waals surface area (Å²) in [5.41, 5.74) is 0.486. The van der Waals surface area contributed by atoms with Gasteiger partial charge in [-0.2, -0.15) is 18.8 Å². The predicted octanol–water partition coefficient (Wildman–Crippen LogP) is 2.40. The summed E-state index contributed by atoms with van der Waals surface area (Å²) in [4.78, 5) is 0. The standard InChI is InChI=1S/C11H8Cl2N4O2S/c1-17-11(9(13)6-15-17)20(18,19)16-10-3-2-7(5-14)4-8(10)12/h2-4,6,16H,1H3. The number of rotatable bonds is 3. The summed E-state index contributed by atoms with van der Waals surface area (Å²) in [7, 11) is -2.46. The van der Waals surface area contributed by atoms with Crippen molar-refractivity contribution in [2.45, 2.75) is 5.03 Å². The second-order valence-corrected chi connectivity index (χ2v) is 6.25. The van der Waals surface area contributed by atoms with Gasteiger partial charge >= 0.3 is 0 Å². The van der Waals surface area contributed by atoms with Crippen molar-refractivity contribution in [3.05, 3.63) is 40.0 Å². The number of hydrogen-bond donors (Lipinski definition) is 1. The van der Waals surface area contributed by atoms with E-state index in [9.17, 15) is 8.42 Å². The lowest BCUT2D eigenvalue weighted by molar-refractivity contribution is 0.582. The van der Waals surface area contributed by atoms with Crippen LogP contribution in [-0.4, -0.2) is 18.2 Å². The monoisotopic (exact) mass is 330 g/mol. The van der Waals surface area contributed by atoms with Gasteiger partial charge in [0, 0.05) is 7.05 Å². The van der Waals surface area contributed by atoms with Gasteiger partial charge in [0.05, 0.1) is 33.6 Å². The lowest BCUT2D eigenvalue weighted by Crippen LogP contribution is -2.17. The molecular weight excluding hydrogens is 323 g/mol. The molecule has 1 aromatic heterocycles. The highest BCUT2D eigenvalue weighted by molar-refractivity contribution is 7.92. The first kappa shape index (κ1) is 14.7. The number of benzene rings is 1. The third-order valence-electron chi connectivity index (χ3n) is 2.44. The molecule has 0 aliphatic heterocycles. The van der Waals surface area contributed by atoms with Crippen LogP contribution in [0.25, 0.3) is 0 Å². The Hall–Kier alpha value is -1.75. The Morgan fingerprint density at radius 3 is 2.55 bits per heavy atom. The molecule has 0 aliphatic carbocycles. The smallest absolute Gasteiger partial charge is 0.277 e. The maximum Gasteiger partial charge on any atom is 0.280 e. The fraction of sp³-hybridized carbons (Fsp3) is 0.0909. The van der Waals surface area contributed by atoms with Crippen molar-refractivity contribution < 1.29 is 8.42 Å². The maximum absolute atomic E-state index is 12.2. The minimum Gasteiger partial charge on any atom is -0.277 e. The summed E-state index contributed by atoms with van der Waals surface area (Å²) in [6, 6.07) is 6.13. The molecule has 0 atom stereocenters. The van der Waals surface area contributed by atoms with Gasteiger partial charge in [-0.1, -0.05) is 23.2 Å². The van der Waals surface area contributed by atoms with E-state index in [1.807, 2.05) is 6.07 Å². The van der Waals surface area contributed by atoms with Crippen LogP contribution in [0.4, 0.5) is 5.69 Å². The molecule has 9 heteroatoms. The molecule has 1 aromatic carbocycles. The van der Waals surface area contributed by atoms with E-state index in [2.05, 4.69) is 9.82 Å². The van der Waals surface area contributed by atoms with E-state index >= 15 is 0 Å². The molecule has 1 heterocycles. The maximum atomic E-state index is 12.2. The number of nitrogens with zero attached hydrogens (tertiary/aromatic N) is 3. The summed E-state index contributed by atoms with van der Waals surface area (Å²) in [6.45, 7) is 0. The van der Waals surface area contributed by atoms with Crippen molar-refractivity contribution >= 4 is 38.9 Å². The van der Waals surface area contributed by atoms with E-state index in [0.717, 1.165) is 4.68 Å². The zero-order chi connectivity index (χ0) is 14.9. The van der Waals surface area contributed by atoms with Crippen molar-refractivity contribution in [2.75, 3.05) is 4.72 Å². The van der Waals surface area contributed by atoms with Crippen molar-refractivity contribution in [2.24, 2.45) is 7.05 Å². The highest BCUT2D eigenvalue weighted by Crippen LogP contribution is 2.27. The summed E-state index contributed by atoms with van der Waals surface area (Å²) < 4.78 is 27.9. The Morgan fingerprint density at radius 1 is 1.35 bits per heavy atom. The fourth-order valence-electron chi connectivity index (χ4n) is 1.56. The van der Waals surface area contributed by atoms with Crippen LogP contribution in [-0.2, 0) is 17.1 Å². The normalized spacial score (nSPS) is 11.1. The molecule has 2 aromatic rings. The number of anilines is 1. The van der Waals surface area contributed by atoms with E-state index in [1.165, 1.54) is 31.4 Å². The summed E-state index contributed by atoms with van der Waals surface area (Å²) >= 11 is 11.7. The molecule has 0 amide bonds. The summed E-state index contributed by atoms with van der Waals surface area (Å²) in [5, 5.41) is 12.4. The highest BCUT2D eigenvalue weighted by atomic mass is 35.5. The number of hydrogen-bond acceptors (Lipinski definition) is 4. The number of nitriles is 1. The van der Waals surface area contributed by atoms with Crippen molar-refractivity contribution in [1.82, 2.24) is 9.78 Å². The van der Waals surface area contributed by atoms with Gasteiger partial charge in [-0.25, -0.2) is 0 Å². The minimum absolute atomic E-state index is 0.00441.